The summed E-state index contributed by atoms with van der Waals surface area (Å²) in [5.74, 6) is 0.0377. The minimum absolute atomic E-state index is 0.0361. The van der Waals surface area contributed by atoms with Gasteiger partial charge in [0.1, 0.15) is 22.5 Å². The molecule has 130 valence electrons. The van der Waals surface area contributed by atoms with Crippen LogP contribution >= 0.6 is 11.8 Å². The van der Waals surface area contributed by atoms with Crippen LogP contribution in [0.3, 0.4) is 0 Å². The van der Waals surface area contributed by atoms with E-state index in [1.807, 2.05) is 6.07 Å². The van der Waals surface area contributed by atoms with Gasteiger partial charge in [0.05, 0.1) is 17.0 Å². The van der Waals surface area contributed by atoms with Gasteiger partial charge in [0.25, 0.3) is 0 Å². The van der Waals surface area contributed by atoms with Crippen molar-refractivity contribution in [3.05, 3.63) is 46.9 Å². The first-order chi connectivity index (χ1) is 11.7. The molecule has 0 aliphatic carbocycles. The molecule has 1 aromatic heterocycles. The Hall–Kier alpha value is -2.60. The molecule has 0 unspecified atom stereocenters. The molecular weight excluding hydrogens is 353 g/mol. The lowest BCUT2D eigenvalue weighted by atomic mass is 10.2. The molecule has 5 nitrogen and oxygen atoms in total. The molecule has 0 spiro atoms. The number of aromatic nitrogens is 2. The van der Waals surface area contributed by atoms with Crippen LogP contribution in [-0.4, -0.2) is 21.6 Å². The number of benzene rings is 1. The third-order valence-electron chi connectivity index (χ3n) is 3.12. The zero-order chi connectivity index (χ0) is 18.6. The fourth-order valence-electron chi connectivity index (χ4n) is 1.99. The first kappa shape index (κ1) is 18.7. The Morgan fingerprint density at radius 1 is 1.24 bits per heavy atom. The molecule has 0 aliphatic rings. The quantitative estimate of drug-likeness (QED) is 0.659. The normalized spacial score (nSPS) is 11.0. The standard InChI is InChI=1S/C16H13F3N4OS/c1-9-13(7-20)15(22-10(2)21-9)25-8-14(24)23-12-5-3-11(4-6-12)16(17,18)19/h3-6H,8H2,1-2H3,(H,23,24). The van der Waals surface area contributed by atoms with Gasteiger partial charge in [-0.3, -0.25) is 4.79 Å². The molecule has 9 heteroatoms. The maximum atomic E-state index is 12.5. The van der Waals surface area contributed by atoms with Crippen molar-refractivity contribution < 1.29 is 18.0 Å². The minimum atomic E-state index is -4.42. The Labute approximate surface area is 146 Å². The highest BCUT2D eigenvalue weighted by molar-refractivity contribution is 8.00. The fourth-order valence-corrected chi connectivity index (χ4v) is 2.86. The molecule has 0 atom stereocenters. The number of rotatable bonds is 4. The van der Waals surface area contributed by atoms with Crippen LogP contribution in [0, 0.1) is 25.2 Å². The van der Waals surface area contributed by atoms with Gasteiger partial charge in [0.15, 0.2) is 0 Å². The van der Waals surface area contributed by atoms with E-state index in [9.17, 15) is 18.0 Å². The number of halogens is 3. The van der Waals surface area contributed by atoms with Crippen LogP contribution in [0.1, 0.15) is 22.6 Å². The third-order valence-corrected chi connectivity index (χ3v) is 4.09. The van der Waals surface area contributed by atoms with Crippen molar-refractivity contribution in [2.45, 2.75) is 25.0 Å². The Kier molecular flexibility index (Phi) is 5.64. The number of amides is 1. The Balaban J connectivity index is 2.01. The van der Waals surface area contributed by atoms with Crippen molar-refractivity contribution in [1.29, 1.82) is 5.26 Å². The second-order valence-electron chi connectivity index (χ2n) is 5.06. The van der Waals surface area contributed by atoms with Crippen molar-refractivity contribution in [3.8, 4) is 6.07 Å². The SMILES string of the molecule is Cc1nc(C)c(C#N)c(SCC(=O)Nc2ccc(C(F)(F)F)cc2)n1. The number of nitrogens with one attached hydrogen (secondary N) is 1. The van der Waals surface area contributed by atoms with Crippen LogP contribution in [-0.2, 0) is 11.0 Å². The van der Waals surface area contributed by atoms with Gasteiger partial charge >= 0.3 is 6.18 Å². The summed E-state index contributed by atoms with van der Waals surface area (Å²) in [4.78, 5) is 20.2. The summed E-state index contributed by atoms with van der Waals surface area (Å²) in [6.07, 6.45) is -4.42. The highest BCUT2D eigenvalue weighted by Crippen LogP contribution is 2.30. The average molecular weight is 366 g/mol. The number of hydrogen-bond acceptors (Lipinski definition) is 5. The van der Waals surface area contributed by atoms with Crippen LogP contribution in [0.5, 0.6) is 0 Å². The van der Waals surface area contributed by atoms with Gasteiger partial charge < -0.3 is 5.32 Å². The van der Waals surface area contributed by atoms with E-state index in [2.05, 4.69) is 15.3 Å². The highest BCUT2D eigenvalue weighted by atomic mass is 32.2. The molecular formula is C16H13F3N4OS. The van der Waals surface area contributed by atoms with Crippen molar-refractivity contribution in [3.63, 3.8) is 0 Å². The van der Waals surface area contributed by atoms with E-state index in [-0.39, 0.29) is 11.4 Å². The van der Waals surface area contributed by atoms with E-state index < -0.39 is 17.6 Å². The molecule has 0 aliphatic heterocycles. The number of alkyl halides is 3. The molecule has 1 amide bonds. The van der Waals surface area contributed by atoms with Crippen LogP contribution in [0.4, 0.5) is 18.9 Å². The number of nitrogens with zero attached hydrogens (tertiary/aromatic N) is 3. The zero-order valence-electron chi connectivity index (χ0n) is 13.3. The second-order valence-corrected chi connectivity index (χ2v) is 6.02. The number of carbonyl (C=O) groups is 1. The van der Waals surface area contributed by atoms with Gasteiger partial charge in [0, 0.05) is 5.69 Å². The lowest BCUT2D eigenvalue weighted by Gasteiger charge is -2.09. The summed E-state index contributed by atoms with van der Waals surface area (Å²) in [6, 6.07) is 6.16. The molecule has 1 heterocycles. The van der Waals surface area contributed by atoms with Crippen molar-refractivity contribution in [2.24, 2.45) is 0 Å². The lowest BCUT2D eigenvalue weighted by Crippen LogP contribution is -2.15. The summed E-state index contributed by atoms with van der Waals surface area (Å²) >= 11 is 1.07. The van der Waals surface area contributed by atoms with Crippen molar-refractivity contribution in [1.82, 2.24) is 9.97 Å². The molecule has 0 saturated heterocycles. The second kappa shape index (κ2) is 7.53. The summed E-state index contributed by atoms with van der Waals surface area (Å²) < 4.78 is 37.5. The molecule has 2 aromatic rings. The first-order valence-electron chi connectivity index (χ1n) is 7.06. The molecule has 0 radical (unpaired) electrons. The number of aryl methyl sites for hydroxylation is 2. The summed E-state index contributed by atoms with van der Waals surface area (Å²) in [5, 5.41) is 12.0. The van der Waals surface area contributed by atoms with Crippen molar-refractivity contribution >= 4 is 23.4 Å². The molecule has 0 saturated carbocycles. The van der Waals surface area contributed by atoms with Gasteiger partial charge in [-0.1, -0.05) is 11.8 Å². The van der Waals surface area contributed by atoms with E-state index in [4.69, 9.17) is 5.26 Å². The zero-order valence-corrected chi connectivity index (χ0v) is 14.1. The van der Waals surface area contributed by atoms with E-state index in [0.29, 0.717) is 22.1 Å². The van der Waals surface area contributed by atoms with Gasteiger partial charge in [-0.15, -0.1) is 0 Å². The summed E-state index contributed by atoms with van der Waals surface area (Å²) in [5.41, 5.74) is 0.304. The predicted octanol–water partition coefficient (Wildman–Crippen LogP) is 3.71. The average Bonchev–Trinajstić information content (AvgIpc) is 2.52. The van der Waals surface area contributed by atoms with Crippen LogP contribution in [0.2, 0.25) is 0 Å². The Bertz CT molecular complexity index is 829. The lowest BCUT2D eigenvalue weighted by molar-refractivity contribution is -0.137. The molecule has 1 N–H and O–H groups in total. The number of anilines is 1. The van der Waals surface area contributed by atoms with Gasteiger partial charge in [-0.25, -0.2) is 9.97 Å². The molecule has 2 rings (SSSR count). The van der Waals surface area contributed by atoms with Gasteiger partial charge in [-0.2, -0.15) is 18.4 Å². The van der Waals surface area contributed by atoms with Crippen LogP contribution in [0.15, 0.2) is 29.3 Å². The van der Waals surface area contributed by atoms with E-state index in [0.717, 1.165) is 23.9 Å². The Morgan fingerprint density at radius 2 is 1.88 bits per heavy atom. The van der Waals surface area contributed by atoms with Gasteiger partial charge in [0.2, 0.25) is 5.91 Å². The highest BCUT2D eigenvalue weighted by Gasteiger charge is 2.29. The topological polar surface area (TPSA) is 78.7 Å². The fraction of sp³-hybridized carbons (Fsp3) is 0.250. The van der Waals surface area contributed by atoms with Crippen LogP contribution in [0.25, 0.3) is 0 Å². The first-order valence-corrected chi connectivity index (χ1v) is 8.04. The largest absolute Gasteiger partial charge is 0.416 e. The number of carbonyl (C=O) groups excluding carboxylic acids is 1. The number of thioether (sulfide) groups is 1. The molecule has 25 heavy (non-hydrogen) atoms. The third kappa shape index (κ3) is 4.93. The number of hydrogen-bond donors (Lipinski definition) is 1. The number of nitriles is 1. The summed E-state index contributed by atoms with van der Waals surface area (Å²) in [6.45, 7) is 3.36. The Morgan fingerprint density at radius 3 is 2.44 bits per heavy atom. The molecule has 0 bridgehead atoms. The smallest absolute Gasteiger partial charge is 0.325 e. The van der Waals surface area contributed by atoms with Crippen molar-refractivity contribution in [2.75, 3.05) is 11.1 Å². The monoisotopic (exact) mass is 366 g/mol. The van der Waals surface area contributed by atoms with E-state index in [1.165, 1.54) is 12.1 Å². The van der Waals surface area contributed by atoms with Crippen LogP contribution < -0.4 is 5.32 Å². The van der Waals surface area contributed by atoms with E-state index >= 15 is 0 Å². The maximum Gasteiger partial charge on any atom is 0.416 e. The molecule has 0 fully saturated rings. The summed E-state index contributed by atoms with van der Waals surface area (Å²) in [7, 11) is 0. The molecule has 1 aromatic carbocycles. The van der Waals surface area contributed by atoms with E-state index in [1.54, 1.807) is 13.8 Å². The van der Waals surface area contributed by atoms with Gasteiger partial charge in [-0.05, 0) is 38.1 Å². The maximum absolute atomic E-state index is 12.5. The predicted molar refractivity (Wildman–Crippen MR) is 87.0 cm³/mol. The minimum Gasteiger partial charge on any atom is -0.325 e.